The Labute approximate surface area is 72.7 Å². The largest absolute Gasteiger partial charge is 0.328 e. The molecule has 0 aromatic heterocycles. The average molecular weight is 172 g/mol. The molecule has 0 radical (unpaired) electrons. The fourth-order valence-electron chi connectivity index (χ4n) is 2.32. The molecule has 0 bridgehead atoms. The van der Waals surface area contributed by atoms with Crippen LogP contribution < -0.4 is 11.1 Å². The highest BCUT2D eigenvalue weighted by molar-refractivity contribution is 4.98. The van der Waals surface area contributed by atoms with E-state index in [2.05, 4.69) is 5.32 Å². The molecular weight excluding hydrogens is 155 g/mol. The topological polar surface area (TPSA) is 38.0 Å². The van der Waals surface area contributed by atoms with Crippen LogP contribution in [0, 0.1) is 5.92 Å². The lowest BCUT2D eigenvalue weighted by Crippen LogP contribution is -2.56. The molecule has 2 unspecified atom stereocenters. The van der Waals surface area contributed by atoms with E-state index in [1.165, 1.54) is 0 Å². The number of nitrogens with one attached hydrogen (secondary N) is 1. The zero-order valence-electron chi connectivity index (χ0n) is 7.35. The highest BCUT2D eigenvalue weighted by atomic mass is 19.1. The Morgan fingerprint density at radius 2 is 2.17 bits per heavy atom. The lowest BCUT2D eigenvalue weighted by molar-refractivity contribution is 0.00587. The molecule has 2 nitrogen and oxygen atoms in total. The molecule has 1 aliphatic carbocycles. The summed E-state index contributed by atoms with van der Waals surface area (Å²) in [5.41, 5.74) is 4.82. The van der Waals surface area contributed by atoms with Gasteiger partial charge in [0.15, 0.2) is 0 Å². The van der Waals surface area contributed by atoms with Gasteiger partial charge in [-0.25, -0.2) is 4.39 Å². The Kier molecular flexibility index (Phi) is 2.09. The summed E-state index contributed by atoms with van der Waals surface area (Å²) in [5.74, 6) is 0.240. The first kappa shape index (κ1) is 8.45. The first-order valence-electron chi connectivity index (χ1n) is 4.86. The Morgan fingerprint density at radius 3 is 2.67 bits per heavy atom. The molecule has 0 spiro atoms. The quantitative estimate of drug-likeness (QED) is 0.614. The molecule has 1 aliphatic heterocycles. The van der Waals surface area contributed by atoms with Crippen molar-refractivity contribution >= 4 is 0 Å². The van der Waals surface area contributed by atoms with E-state index in [-0.39, 0.29) is 12.0 Å². The second kappa shape index (κ2) is 2.96. The van der Waals surface area contributed by atoms with Crippen molar-refractivity contribution in [2.75, 3.05) is 13.1 Å². The molecule has 1 saturated heterocycles. The second-order valence-electron chi connectivity index (χ2n) is 4.25. The van der Waals surface area contributed by atoms with Crippen molar-refractivity contribution in [3.63, 3.8) is 0 Å². The minimum absolute atomic E-state index is 0.101. The summed E-state index contributed by atoms with van der Waals surface area (Å²) >= 11 is 0. The zero-order valence-corrected chi connectivity index (χ0v) is 7.35. The van der Waals surface area contributed by atoms with Crippen LogP contribution in [0.4, 0.5) is 4.39 Å². The van der Waals surface area contributed by atoms with Crippen molar-refractivity contribution in [3.05, 3.63) is 0 Å². The van der Waals surface area contributed by atoms with E-state index >= 15 is 0 Å². The van der Waals surface area contributed by atoms with Crippen molar-refractivity contribution in [1.29, 1.82) is 0 Å². The molecule has 70 valence electrons. The minimum atomic E-state index is -0.942. The highest BCUT2D eigenvalue weighted by Crippen LogP contribution is 2.39. The summed E-state index contributed by atoms with van der Waals surface area (Å²) in [7, 11) is 0. The summed E-state index contributed by atoms with van der Waals surface area (Å²) in [6.07, 6.45) is 3.28. The first-order valence-corrected chi connectivity index (χ1v) is 4.86. The van der Waals surface area contributed by atoms with Gasteiger partial charge in [0.1, 0.15) is 5.67 Å². The van der Waals surface area contributed by atoms with E-state index in [1.54, 1.807) is 0 Å². The van der Waals surface area contributed by atoms with Crippen LogP contribution in [0.5, 0.6) is 0 Å². The monoisotopic (exact) mass is 172 g/mol. The van der Waals surface area contributed by atoms with E-state index in [4.69, 9.17) is 5.73 Å². The van der Waals surface area contributed by atoms with E-state index in [9.17, 15) is 4.39 Å². The molecular formula is C9H17FN2. The maximum atomic E-state index is 14.1. The third-order valence-electron chi connectivity index (χ3n) is 3.28. The summed E-state index contributed by atoms with van der Waals surface area (Å²) < 4.78 is 14.1. The molecule has 0 aromatic carbocycles. The summed E-state index contributed by atoms with van der Waals surface area (Å²) in [6, 6.07) is 0.101. The van der Waals surface area contributed by atoms with Gasteiger partial charge in [0.25, 0.3) is 0 Å². The molecule has 3 heteroatoms. The normalized spacial score (nSPS) is 44.0. The smallest absolute Gasteiger partial charge is 0.117 e. The van der Waals surface area contributed by atoms with Gasteiger partial charge in [0.05, 0.1) is 0 Å². The van der Waals surface area contributed by atoms with Crippen LogP contribution in [0.2, 0.25) is 0 Å². The molecule has 3 N–H and O–H groups in total. The van der Waals surface area contributed by atoms with Gasteiger partial charge in [0.2, 0.25) is 0 Å². The van der Waals surface area contributed by atoms with E-state index in [1.807, 2.05) is 0 Å². The van der Waals surface area contributed by atoms with Crippen molar-refractivity contribution in [2.24, 2.45) is 11.7 Å². The van der Waals surface area contributed by atoms with Gasteiger partial charge in [0, 0.05) is 25.0 Å². The maximum Gasteiger partial charge on any atom is 0.117 e. The van der Waals surface area contributed by atoms with Gasteiger partial charge < -0.3 is 11.1 Å². The van der Waals surface area contributed by atoms with Crippen molar-refractivity contribution in [1.82, 2.24) is 5.32 Å². The van der Waals surface area contributed by atoms with Gasteiger partial charge in [-0.2, -0.15) is 0 Å². The van der Waals surface area contributed by atoms with Crippen molar-refractivity contribution in [3.8, 4) is 0 Å². The molecule has 2 fully saturated rings. The number of hydrogen-bond acceptors (Lipinski definition) is 2. The Hall–Kier alpha value is -0.150. The number of alkyl halides is 1. The second-order valence-corrected chi connectivity index (χ2v) is 4.25. The molecule has 2 aliphatic rings. The minimum Gasteiger partial charge on any atom is -0.328 e. The van der Waals surface area contributed by atoms with E-state index < -0.39 is 5.67 Å². The zero-order chi connectivity index (χ0) is 8.60. The van der Waals surface area contributed by atoms with Gasteiger partial charge in [-0.05, 0) is 25.7 Å². The Morgan fingerprint density at radius 1 is 1.42 bits per heavy atom. The van der Waals surface area contributed by atoms with Gasteiger partial charge in [-0.3, -0.25) is 0 Å². The average Bonchev–Trinajstić information content (AvgIpc) is 1.79. The fraction of sp³-hybridized carbons (Fsp3) is 1.00. The van der Waals surface area contributed by atoms with Crippen LogP contribution >= 0.6 is 0 Å². The molecule has 2 atom stereocenters. The van der Waals surface area contributed by atoms with Crippen LogP contribution in [-0.4, -0.2) is 24.8 Å². The predicted molar refractivity (Wildman–Crippen MR) is 46.6 cm³/mol. The maximum absolute atomic E-state index is 14.1. The molecule has 0 aromatic rings. The molecule has 12 heavy (non-hydrogen) atoms. The van der Waals surface area contributed by atoms with Crippen LogP contribution in [0.3, 0.4) is 0 Å². The fourth-order valence-corrected chi connectivity index (χ4v) is 2.32. The SMILES string of the molecule is NC1CCCC(F)(C2CNC2)C1. The first-order chi connectivity index (χ1) is 5.71. The molecule has 1 saturated carbocycles. The van der Waals surface area contributed by atoms with Gasteiger partial charge in [-0.1, -0.05) is 0 Å². The lowest BCUT2D eigenvalue weighted by atomic mass is 9.73. The van der Waals surface area contributed by atoms with E-state index in [0.29, 0.717) is 6.42 Å². The number of nitrogens with two attached hydrogens (primary N) is 1. The van der Waals surface area contributed by atoms with Gasteiger partial charge in [-0.15, -0.1) is 0 Å². The molecule has 0 amide bonds. The summed E-state index contributed by atoms with van der Waals surface area (Å²) in [5, 5.41) is 3.12. The van der Waals surface area contributed by atoms with Crippen molar-refractivity contribution in [2.45, 2.75) is 37.4 Å². The number of hydrogen-bond donors (Lipinski definition) is 2. The lowest BCUT2D eigenvalue weighted by Gasteiger charge is -2.43. The number of halogens is 1. The van der Waals surface area contributed by atoms with Crippen LogP contribution in [0.15, 0.2) is 0 Å². The molecule has 2 rings (SSSR count). The molecule has 1 heterocycles. The number of rotatable bonds is 1. The standard InChI is InChI=1S/C9H17FN2/c10-9(7-5-12-6-7)3-1-2-8(11)4-9/h7-8,12H,1-6,11H2. The van der Waals surface area contributed by atoms with Crippen LogP contribution in [-0.2, 0) is 0 Å². The van der Waals surface area contributed by atoms with E-state index in [0.717, 1.165) is 32.4 Å². The third kappa shape index (κ3) is 1.36. The van der Waals surface area contributed by atoms with Crippen LogP contribution in [0.25, 0.3) is 0 Å². The van der Waals surface area contributed by atoms with Crippen LogP contribution in [0.1, 0.15) is 25.7 Å². The van der Waals surface area contributed by atoms with Crippen molar-refractivity contribution < 1.29 is 4.39 Å². The predicted octanol–water partition coefficient (Wildman–Crippen LogP) is 0.815. The van der Waals surface area contributed by atoms with Gasteiger partial charge >= 0.3 is 0 Å². The Bertz CT molecular complexity index is 170. The summed E-state index contributed by atoms with van der Waals surface area (Å²) in [4.78, 5) is 0. The summed E-state index contributed by atoms with van der Waals surface area (Å²) in [6.45, 7) is 1.70. The Balaban J connectivity index is 1.97. The highest BCUT2D eigenvalue weighted by Gasteiger charge is 2.44. The third-order valence-corrected chi connectivity index (χ3v) is 3.28.